The van der Waals surface area contributed by atoms with Crippen molar-refractivity contribution in [1.29, 1.82) is 0 Å². The Kier molecular flexibility index (Phi) is 6.45. The van der Waals surface area contributed by atoms with Gasteiger partial charge in [-0.05, 0) is 48.5 Å². The van der Waals surface area contributed by atoms with E-state index in [9.17, 15) is 18.0 Å². The zero-order valence-corrected chi connectivity index (χ0v) is 16.6. The van der Waals surface area contributed by atoms with Gasteiger partial charge in [-0.2, -0.15) is 0 Å². The molecule has 0 heterocycles. The first-order valence-corrected chi connectivity index (χ1v) is 10.4. The van der Waals surface area contributed by atoms with Crippen LogP contribution in [0.1, 0.15) is 10.4 Å². The van der Waals surface area contributed by atoms with E-state index in [1.165, 1.54) is 24.3 Å². The number of carbonyl (C=O) groups excluding carboxylic acids is 2. The summed E-state index contributed by atoms with van der Waals surface area (Å²) in [6, 6.07) is 20.9. The summed E-state index contributed by atoms with van der Waals surface area (Å²) in [6.07, 6.45) is 0. The van der Waals surface area contributed by atoms with Gasteiger partial charge in [-0.25, -0.2) is 13.6 Å². The van der Waals surface area contributed by atoms with Gasteiger partial charge >= 0.3 is 0 Å². The molecule has 0 saturated heterocycles. The molecule has 0 radical (unpaired) electrons. The molecular formula is C21H19N3O5S. The van der Waals surface area contributed by atoms with Gasteiger partial charge in [-0.3, -0.25) is 9.59 Å². The molecule has 9 heteroatoms. The first-order chi connectivity index (χ1) is 14.3. The predicted molar refractivity (Wildman–Crippen MR) is 113 cm³/mol. The van der Waals surface area contributed by atoms with Crippen LogP contribution >= 0.6 is 0 Å². The van der Waals surface area contributed by atoms with Gasteiger partial charge < -0.3 is 15.4 Å². The number of sulfonamides is 1. The number of primary sulfonamides is 1. The van der Waals surface area contributed by atoms with Gasteiger partial charge in [0.1, 0.15) is 5.75 Å². The quantitative estimate of drug-likeness (QED) is 0.536. The van der Waals surface area contributed by atoms with E-state index >= 15 is 0 Å². The molecule has 2 amide bonds. The van der Waals surface area contributed by atoms with Crippen LogP contribution in [0.25, 0.3) is 0 Å². The van der Waals surface area contributed by atoms with Crippen molar-refractivity contribution in [3.8, 4) is 5.75 Å². The van der Waals surface area contributed by atoms with Crippen LogP contribution in [-0.2, 0) is 14.8 Å². The second-order valence-corrected chi connectivity index (χ2v) is 7.82. The van der Waals surface area contributed by atoms with E-state index in [-0.39, 0.29) is 17.4 Å². The molecule has 3 aromatic rings. The lowest BCUT2D eigenvalue weighted by Gasteiger charge is -2.10. The third kappa shape index (κ3) is 5.90. The summed E-state index contributed by atoms with van der Waals surface area (Å²) < 4.78 is 28.0. The molecule has 0 aliphatic heterocycles. The van der Waals surface area contributed by atoms with Gasteiger partial charge in [0.2, 0.25) is 10.0 Å². The normalized spacial score (nSPS) is 10.8. The van der Waals surface area contributed by atoms with Gasteiger partial charge in [0.25, 0.3) is 11.8 Å². The summed E-state index contributed by atoms with van der Waals surface area (Å²) in [7, 11) is -3.79. The molecular weight excluding hydrogens is 406 g/mol. The molecule has 30 heavy (non-hydrogen) atoms. The highest BCUT2D eigenvalue weighted by molar-refractivity contribution is 7.89. The molecule has 3 rings (SSSR count). The lowest BCUT2D eigenvalue weighted by Crippen LogP contribution is -2.20. The molecule has 0 spiro atoms. The number of hydrogen-bond acceptors (Lipinski definition) is 5. The van der Waals surface area contributed by atoms with E-state index in [0.717, 1.165) is 0 Å². The van der Waals surface area contributed by atoms with E-state index in [1.807, 2.05) is 6.07 Å². The standard InChI is InChI=1S/C21H19N3O5S/c22-30(27,28)19-11-9-16(10-12-19)23-20(25)14-29-18-8-4-7-17(13-18)24-21(26)15-5-2-1-3-6-15/h1-13H,14H2,(H,23,25)(H,24,26)(H2,22,27,28). The van der Waals surface area contributed by atoms with Crippen molar-refractivity contribution < 1.29 is 22.7 Å². The summed E-state index contributed by atoms with van der Waals surface area (Å²) in [6.45, 7) is -0.271. The van der Waals surface area contributed by atoms with E-state index in [4.69, 9.17) is 9.88 Å². The van der Waals surface area contributed by atoms with Crippen molar-refractivity contribution in [3.63, 3.8) is 0 Å². The van der Waals surface area contributed by atoms with Crippen LogP contribution in [0.15, 0.2) is 83.8 Å². The Bertz CT molecular complexity index is 1150. The second kappa shape index (κ2) is 9.21. The summed E-state index contributed by atoms with van der Waals surface area (Å²) in [5.74, 6) is -0.286. The number of rotatable bonds is 7. The first kappa shape index (κ1) is 21.0. The third-order valence-corrected chi connectivity index (χ3v) is 4.89. The van der Waals surface area contributed by atoms with E-state index < -0.39 is 15.9 Å². The molecule has 0 aromatic heterocycles. The summed E-state index contributed by atoms with van der Waals surface area (Å²) in [5.41, 5.74) is 1.46. The molecule has 0 aliphatic carbocycles. The maximum Gasteiger partial charge on any atom is 0.262 e. The Morgan fingerprint density at radius 3 is 2.20 bits per heavy atom. The Hall–Kier alpha value is -3.69. The van der Waals surface area contributed by atoms with Gasteiger partial charge in [-0.15, -0.1) is 0 Å². The highest BCUT2D eigenvalue weighted by atomic mass is 32.2. The fourth-order valence-electron chi connectivity index (χ4n) is 2.53. The molecule has 0 bridgehead atoms. The minimum atomic E-state index is -3.79. The molecule has 4 N–H and O–H groups in total. The van der Waals surface area contributed by atoms with Gasteiger partial charge in [0, 0.05) is 23.0 Å². The van der Waals surface area contributed by atoms with Gasteiger partial charge in [-0.1, -0.05) is 24.3 Å². The number of anilines is 2. The molecule has 0 fully saturated rings. The monoisotopic (exact) mass is 425 g/mol. The minimum Gasteiger partial charge on any atom is -0.484 e. The lowest BCUT2D eigenvalue weighted by molar-refractivity contribution is -0.118. The molecule has 0 saturated carbocycles. The topological polar surface area (TPSA) is 128 Å². The van der Waals surface area contributed by atoms with Gasteiger partial charge in [0.15, 0.2) is 6.61 Å². The van der Waals surface area contributed by atoms with Crippen molar-refractivity contribution in [3.05, 3.63) is 84.4 Å². The molecule has 0 aliphatic rings. The van der Waals surface area contributed by atoms with Crippen LogP contribution in [0.2, 0.25) is 0 Å². The average Bonchev–Trinajstić information content (AvgIpc) is 2.73. The maximum absolute atomic E-state index is 12.2. The molecule has 154 valence electrons. The Morgan fingerprint density at radius 2 is 1.53 bits per heavy atom. The molecule has 3 aromatic carbocycles. The molecule has 0 atom stereocenters. The number of benzene rings is 3. The average molecular weight is 425 g/mol. The fourth-order valence-corrected chi connectivity index (χ4v) is 3.05. The fraction of sp³-hybridized carbons (Fsp3) is 0.0476. The minimum absolute atomic E-state index is 0.0499. The zero-order valence-electron chi connectivity index (χ0n) is 15.7. The molecule has 0 unspecified atom stereocenters. The van der Waals surface area contributed by atoms with Crippen LogP contribution in [0.3, 0.4) is 0 Å². The highest BCUT2D eigenvalue weighted by Crippen LogP contribution is 2.18. The number of ether oxygens (including phenoxy) is 1. The second-order valence-electron chi connectivity index (χ2n) is 6.25. The highest BCUT2D eigenvalue weighted by Gasteiger charge is 2.09. The first-order valence-electron chi connectivity index (χ1n) is 8.83. The van der Waals surface area contributed by atoms with Crippen LogP contribution in [0.5, 0.6) is 5.75 Å². The third-order valence-electron chi connectivity index (χ3n) is 3.96. The predicted octanol–water partition coefficient (Wildman–Crippen LogP) is 2.60. The van der Waals surface area contributed by atoms with Gasteiger partial charge in [0.05, 0.1) is 4.90 Å². The summed E-state index contributed by atoms with van der Waals surface area (Å²) >= 11 is 0. The largest absolute Gasteiger partial charge is 0.484 e. The van der Waals surface area contributed by atoms with Crippen LogP contribution in [0.4, 0.5) is 11.4 Å². The van der Waals surface area contributed by atoms with Crippen LogP contribution in [-0.4, -0.2) is 26.8 Å². The Balaban J connectivity index is 1.55. The molecule has 8 nitrogen and oxygen atoms in total. The van der Waals surface area contributed by atoms with Crippen molar-refractivity contribution >= 4 is 33.2 Å². The SMILES string of the molecule is NS(=O)(=O)c1ccc(NC(=O)COc2cccc(NC(=O)c3ccccc3)c2)cc1. The number of carbonyl (C=O) groups is 2. The van der Waals surface area contributed by atoms with E-state index in [1.54, 1.807) is 48.5 Å². The zero-order chi connectivity index (χ0) is 21.6. The van der Waals surface area contributed by atoms with Crippen molar-refractivity contribution in [1.82, 2.24) is 0 Å². The number of hydrogen-bond donors (Lipinski definition) is 3. The van der Waals surface area contributed by atoms with Crippen molar-refractivity contribution in [2.75, 3.05) is 17.2 Å². The number of nitrogens with one attached hydrogen (secondary N) is 2. The summed E-state index contributed by atoms with van der Waals surface area (Å²) in [4.78, 5) is 24.2. The van der Waals surface area contributed by atoms with E-state index in [2.05, 4.69) is 10.6 Å². The smallest absolute Gasteiger partial charge is 0.262 e. The Morgan fingerprint density at radius 1 is 0.833 bits per heavy atom. The van der Waals surface area contributed by atoms with Crippen LogP contribution < -0.4 is 20.5 Å². The van der Waals surface area contributed by atoms with Crippen molar-refractivity contribution in [2.45, 2.75) is 4.90 Å². The van der Waals surface area contributed by atoms with E-state index in [0.29, 0.717) is 22.7 Å². The maximum atomic E-state index is 12.2. The Labute approximate surface area is 173 Å². The van der Waals surface area contributed by atoms with Crippen LogP contribution in [0, 0.1) is 0 Å². The summed E-state index contributed by atoms with van der Waals surface area (Å²) in [5, 5.41) is 10.4. The number of nitrogens with two attached hydrogens (primary N) is 1. The lowest BCUT2D eigenvalue weighted by atomic mass is 10.2. The van der Waals surface area contributed by atoms with Crippen molar-refractivity contribution in [2.24, 2.45) is 5.14 Å². The number of amides is 2.